The molecule has 3 heterocycles. The molecule has 0 spiro atoms. The summed E-state index contributed by atoms with van der Waals surface area (Å²) in [5.41, 5.74) is 2.54. The van der Waals surface area contributed by atoms with E-state index >= 15 is 0 Å². The summed E-state index contributed by atoms with van der Waals surface area (Å²) in [7, 11) is 0. The lowest BCUT2D eigenvalue weighted by atomic mass is 10.2. The number of hydrogen-bond acceptors (Lipinski definition) is 5. The van der Waals surface area contributed by atoms with Crippen LogP contribution in [0.4, 0.5) is 5.69 Å². The summed E-state index contributed by atoms with van der Waals surface area (Å²) in [6.45, 7) is 0.273. The summed E-state index contributed by atoms with van der Waals surface area (Å²) in [5.74, 6) is -0.969. The molecule has 0 bridgehead atoms. The Morgan fingerprint density at radius 2 is 1.83 bits per heavy atom. The zero-order valence-electron chi connectivity index (χ0n) is 15.2. The van der Waals surface area contributed by atoms with Crippen molar-refractivity contribution in [3.05, 3.63) is 90.0 Å². The van der Waals surface area contributed by atoms with E-state index in [4.69, 9.17) is 0 Å². The molecule has 0 unspecified atom stereocenters. The van der Waals surface area contributed by atoms with E-state index in [-0.39, 0.29) is 23.9 Å². The van der Waals surface area contributed by atoms with Gasteiger partial charge in [-0.2, -0.15) is 5.10 Å². The average molecular weight is 387 g/mol. The maximum absolute atomic E-state index is 12.5. The van der Waals surface area contributed by atoms with E-state index in [9.17, 15) is 14.7 Å². The molecule has 0 aliphatic heterocycles. The quantitative estimate of drug-likeness (QED) is 0.488. The number of carbonyl (C=O) groups is 2. The van der Waals surface area contributed by atoms with Crippen LogP contribution in [0.15, 0.2) is 73.1 Å². The molecule has 0 saturated heterocycles. The minimum Gasteiger partial charge on any atom is -0.505 e. The normalized spacial score (nSPS) is 10.6. The van der Waals surface area contributed by atoms with Crippen LogP contribution < -0.4 is 10.6 Å². The molecule has 4 rings (SSSR count). The summed E-state index contributed by atoms with van der Waals surface area (Å²) in [6.07, 6.45) is 3.07. The van der Waals surface area contributed by atoms with Gasteiger partial charge in [0.05, 0.1) is 11.7 Å². The van der Waals surface area contributed by atoms with Gasteiger partial charge in [-0.15, -0.1) is 0 Å². The molecule has 8 heteroatoms. The number of fused-ring (bicyclic) bond motifs is 1. The Bertz CT molecular complexity index is 1200. The third-order valence-electron chi connectivity index (χ3n) is 4.29. The summed E-state index contributed by atoms with van der Waals surface area (Å²) in [4.78, 5) is 28.7. The average Bonchev–Trinajstić information content (AvgIpc) is 3.21. The number of pyridine rings is 2. The zero-order chi connectivity index (χ0) is 20.2. The first-order chi connectivity index (χ1) is 14.1. The molecule has 0 atom stereocenters. The summed E-state index contributed by atoms with van der Waals surface area (Å²) >= 11 is 0. The molecule has 8 nitrogen and oxygen atoms in total. The number of nitrogens with zero attached hydrogens (tertiary/aromatic N) is 3. The lowest BCUT2D eigenvalue weighted by molar-refractivity contribution is 0.0942. The molecule has 0 aliphatic rings. The number of rotatable bonds is 5. The van der Waals surface area contributed by atoms with Gasteiger partial charge in [-0.3, -0.25) is 9.59 Å². The van der Waals surface area contributed by atoms with Crippen molar-refractivity contribution >= 4 is 23.0 Å². The monoisotopic (exact) mass is 387 g/mol. The number of aromatic nitrogens is 3. The van der Waals surface area contributed by atoms with Gasteiger partial charge in [-0.05, 0) is 48.0 Å². The van der Waals surface area contributed by atoms with Crippen molar-refractivity contribution in [1.29, 1.82) is 0 Å². The van der Waals surface area contributed by atoms with Crippen molar-refractivity contribution in [3.8, 4) is 5.75 Å². The Morgan fingerprint density at radius 1 is 0.966 bits per heavy atom. The maximum atomic E-state index is 12.5. The molecule has 0 saturated carbocycles. The van der Waals surface area contributed by atoms with Gasteiger partial charge in [-0.25, -0.2) is 9.50 Å². The third-order valence-corrected chi connectivity index (χ3v) is 4.29. The van der Waals surface area contributed by atoms with E-state index in [0.717, 1.165) is 11.1 Å². The van der Waals surface area contributed by atoms with Crippen molar-refractivity contribution in [3.63, 3.8) is 0 Å². The van der Waals surface area contributed by atoms with Gasteiger partial charge in [0.15, 0.2) is 5.69 Å². The number of anilines is 1. The molecule has 0 fully saturated rings. The van der Waals surface area contributed by atoms with Gasteiger partial charge in [-0.1, -0.05) is 18.2 Å². The summed E-state index contributed by atoms with van der Waals surface area (Å²) < 4.78 is 1.57. The second-order valence-electron chi connectivity index (χ2n) is 6.29. The van der Waals surface area contributed by atoms with Crippen LogP contribution in [0.5, 0.6) is 5.75 Å². The Morgan fingerprint density at radius 3 is 2.69 bits per heavy atom. The van der Waals surface area contributed by atoms with Crippen LogP contribution >= 0.6 is 0 Å². The van der Waals surface area contributed by atoms with E-state index < -0.39 is 5.91 Å². The van der Waals surface area contributed by atoms with Gasteiger partial charge in [0, 0.05) is 18.4 Å². The molecule has 29 heavy (non-hydrogen) atoms. The molecule has 4 aromatic rings. The molecule has 0 radical (unpaired) electrons. The molecule has 3 N–H and O–H groups in total. The fourth-order valence-corrected chi connectivity index (χ4v) is 2.92. The summed E-state index contributed by atoms with van der Waals surface area (Å²) in [6, 6.07) is 17.2. The molecular weight excluding hydrogens is 370 g/mol. The van der Waals surface area contributed by atoms with E-state index in [1.54, 1.807) is 47.1 Å². The highest BCUT2D eigenvalue weighted by molar-refractivity contribution is 6.04. The Labute approximate surface area is 165 Å². The van der Waals surface area contributed by atoms with Crippen LogP contribution in [0.1, 0.15) is 26.5 Å². The SMILES string of the molecule is O=C(Nc1cccc(CNC(=O)c2cccc3ccnn23)c1)c1ncccc1O. The zero-order valence-corrected chi connectivity index (χ0v) is 15.2. The fraction of sp³-hybridized carbons (Fsp3) is 0.0476. The number of aromatic hydroxyl groups is 1. The second kappa shape index (κ2) is 7.81. The van der Waals surface area contributed by atoms with E-state index in [1.165, 1.54) is 12.3 Å². The number of hydrogen-bond donors (Lipinski definition) is 3. The van der Waals surface area contributed by atoms with Crippen LogP contribution in [0.2, 0.25) is 0 Å². The van der Waals surface area contributed by atoms with Crippen LogP contribution in [0, 0.1) is 0 Å². The van der Waals surface area contributed by atoms with Gasteiger partial charge >= 0.3 is 0 Å². The summed E-state index contributed by atoms with van der Waals surface area (Å²) in [5, 5.41) is 19.5. The smallest absolute Gasteiger partial charge is 0.278 e. The Kier molecular flexibility index (Phi) is 4.90. The van der Waals surface area contributed by atoms with Crippen molar-refractivity contribution in [2.24, 2.45) is 0 Å². The highest BCUT2D eigenvalue weighted by Gasteiger charge is 2.13. The molecule has 1 aromatic carbocycles. The van der Waals surface area contributed by atoms with E-state index in [1.807, 2.05) is 18.2 Å². The Hall–Kier alpha value is -4.20. The van der Waals surface area contributed by atoms with Crippen LogP contribution in [-0.4, -0.2) is 31.5 Å². The third kappa shape index (κ3) is 3.91. The van der Waals surface area contributed by atoms with Crippen LogP contribution in [0.25, 0.3) is 5.52 Å². The number of benzene rings is 1. The highest BCUT2D eigenvalue weighted by atomic mass is 16.3. The van der Waals surface area contributed by atoms with Crippen molar-refractivity contribution in [1.82, 2.24) is 19.9 Å². The molecular formula is C21H17N5O3. The number of nitrogens with one attached hydrogen (secondary N) is 2. The standard InChI is InChI=1S/C21H17N5O3/c27-18-8-3-10-22-19(18)21(29)25-15-5-1-4-14(12-15)13-23-20(28)17-7-2-6-16-9-11-24-26(16)17/h1-12,27H,13H2,(H,23,28)(H,25,29). The molecule has 0 aliphatic carbocycles. The van der Waals surface area contributed by atoms with Crippen LogP contribution in [0.3, 0.4) is 0 Å². The Balaban J connectivity index is 1.44. The fourth-order valence-electron chi connectivity index (χ4n) is 2.92. The second-order valence-corrected chi connectivity index (χ2v) is 6.29. The van der Waals surface area contributed by atoms with Gasteiger partial charge in [0.2, 0.25) is 0 Å². The molecule has 3 aromatic heterocycles. The maximum Gasteiger partial charge on any atom is 0.278 e. The van der Waals surface area contributed by atoms with Crippen molar-refractivity contribution < 1.29 is 14.7 Å². The lowest BCUT2D eigenvalue weighted by Gasteiger charge is -2.10. The van der Waals surface area contributed by atoms with Gasteiger partial charge < -0.3 is 15.7 Å². The van der Waals surface area contributed by atoms with E-state index in [2.05, 4.69) is 20.7 Å². The van der Waals surface area contributed by atoms with E-state index in [0.29, 0.717) is 11.4 Å². The predicted molar refractivity (Wildman–Crippen MR) is 107 cm³/mol. The first-order valence-electron chi connectivity index (χ1n) is 8.87. The number of carbonyl (C=O) groups excluding carboxylic acids is 2. The van der Waals surface area contributed by atoms with Gasteiger partial charge in [0.25, 0.3) is 11.8 Å². The largest absolute Gasteiger partial charge is 0.505 e. The lowest BCUT2D eigenvalue weighted by Crippen LogP contribution is -2.25. The van der Waals surface area contributed by atoms with Crippen molar-refractivity contribution in [2.45, 2.75) is 6.54 Å². The van der Waals surface area contributed by atoms with Gasteiger partial charge in [0.1, 0.15) is 11.4 Å². The van der Waals surface area contributed by atoms with Crippen molar-refractivity contribution in [2.75, 3.05) is 5.32 Å². The number of amides is 2. The van der Waals surface area contributed by atoms with Crippen LogP contribution in [-0.2, 0) is 6.54 Å². The molecule has 2 amide bonds. The minimum atomic E-state index is -0.519. The molecule has 144 valence electrons. The predicted octanol–water partition coefficient (Wildman–Crippen LogP) is 2.62. The highest BCUT2D eigenvalue weighted by Crippen LogP contribution is 2.16. The topological polar surface area (TPSA) is 109 Å². The minimum absolute atomic E-state index is 0.0569. The first kappa shape index (κ1) is 18.2. The first-order valence-corrected chi connectivity index (χ1v) is 8.87.